The van der Waals surface area contributed by atoms with E-state index in [-0.39, 0.29) is 12.3 Å². The first-order chi connectivity index (χ1) is 6.65. The molecule has 0 atom stereocenters. The van der Waals surface area contributed by atoms with Gasteiger partial charge in [0.2, 0.25) is 0 Å². The van der Waals surface area contributed by atoms with Crippen molar-refractivity contribution in [2.45, 2.75) is 0 Å². The van der Waals surface area contributed by atoms with E-state index < -0.39 is 4.92 Å². The van der Waals surface area contributed by atoms with E-state index in [1.807, 2.05) is 0 Å². The number of hydrogen-bond acceptors (Lipinski definition) is 4. The average Bonchev–Trinajstić information content (AvgIpc) is 2.16. The molecular weight excluding hydrogens is 184 g/mol. The van der Waals surface area contributed by atoms with Gasteiger partial charge in [-0.2, -0.15) is 0 Å². The molecule has 0 spiro atoms. The lowest BCUT2D eigenvalue weighted by Crippen LogP contribution is -1.98. The Kier molecular flexibility index (Phi) is 3.06. The molecule has 5 heteroatoms. The van der Waals surface area contributed by atoms with Crippen molar-refractivity contribution in [3.8, 4) is 5.75 Å². The van der Waals surface area contributed by atoms with Crippen molar-refractivity contribution in [1.29, 1.82) is 0 Å². The quantitative estimate of drug-likeness (QED) is 0.342. The van der Waals surface area contributed by atoms with Gasteiger partial charge in [0.25, 0.3) is 5.69 Å². The second kappa shape index (κ2) is 4.27. The second-order valence-electron chi connectivity index (χ2n) is 2.58. The SMILES string of the molecule is C=CCOc1cc([N+](=O)[O-])ccc1N. The number of nitrogens with zero attached hydrogens (tertiary/aromatic N) is 1. The van der Waals surface area contributed by atoms with Gasteiger partial charge in [0, 0.05) is 6.07 Å². The highest BCUT2D eigenvalue weighted by Crippen LogP contribution is 2.26. The topological polar surface area (TPSA) is 78.4 Å². The molecule has 1 aromatic carbocycles. The summed E-state index contributed by atoms with van der Waals surface area (Å²) in [6.07, 6.45) is 1.54. The minimum atomic E-state index is -0.500. The number of ether oxygens (including phenoxy) is 1. The lowest BCUT2D eigenvalue weighted by atomic mass is 10.2. The maximum atomic E-state index is 10.4. The predicted molar refractivity (Wildman–Crippen MR) is 53.2 cm³/mol. The molecule has 0 aliphatic heterocycles. The smallest absolute Gasteiger partial charge is 0.273 e. The normalized spacial score (nSPS) is 9.43. The molecule has 0 saturated carbocycles. The van der Waals surface area contributed by atoms with Crippen molar-refractivity contribution < 1.29 is 9.66 Å². The van der Waals surface area contributed by atoms with Gasteiger partial charge in [0.1, 0.15) is 12.4 Å². The van der Waals surface area contributed by atoms with E-state index in [0.29, 0.717) is 11.4 Å². The van der Waals surface area contributed by atoms with E-state index in [9.17, 15) is 10.1 Å². The van der Waals surface area contributed by atoms with Crippen LogP contribution in [0.5, 0.6) is 5.75 Å². The van der Waals surface area contributed by atoms with Gasteiger partial charge in [-0.05, 0) is 6.07 Å². The van der Waals surface area contributed by atoms with Crippen molar-refractivity contribution in [2.24, 2.45) is 0 Å². The molecule has 0 radical (unpaired) electrons. The first-order valence-electron chi connectivity index (χ1n) is 3.92. The second-order valence-corrected chi connectivity index (χ2v) is 2.58. The molecule has 0 aromatic heterocycles. The lowest BCUT2D eigenvalue weighted by Gasteiger charge is -2.05. The Hall–Kier alpha value is -2.04. The molecule has 74 valence electrons. The fraction of sp³-hybridized carbons (Fsp3) is 0.111. The molecule has 0 saturated heterocycles. The molecular formula is C9H10N2O3. The maximum Gasteiger partial charge on any atom is 0.273 e. The molecule has 2 N–H and O–H groups in total. The van der Waals surface area contributed by atoms with Gasteiger partial charge >= 0.3 is 0 Å². The summed E-state index contributed by atoms with van der Waals surface area (Å²) in [5.74, 6) is 0.305. The summed E-state index contributed by atoms with van der Waals surface area (Å²) in [6.45, 7) is 3.73. The maximum absolute atomic E-state index is 10.4. The number of hydrogen-bond donors (Lipinski definition) is 1. The molecule has 14 heavy (non-hydrogen) atoms. The van der Waals surface area contributed by atoms with E-state index in [1.165, 1.54) is 24.3 Å². The van der Waals surface area contributed by atoms with E-state index >= 15 is 0 Å². The van der Waals surface area contributed by atoms with Crippen molar-refractivity contribution in [3.05, 3.63) is 41.0 Å². The van der Waals surface area contributed by atoms with E-state index in [4.69, 9.17) is 10.5 Å². The zero-order valence-electron chi connectivity index (χ0n) is 7.47. The molecule has 0 fully saturated rings. The summed E-state index contributed by atoms with van der Waals surface area (Å²) >= 11 is 0. The Bertz CT molecular complexity index is 363. The number of nitrogens with two attached hydrogens (primary N) is 1. The largest absolute Gasteiger partial charge is 0.487 e. The van der Waals surface area contributed by atoms with Crippen LogP contribution >= 0.6 is 0 Å². The third-order valence-electron chi connectivity index (χ3n) is 1.56. The lowest BCUT2D eigenvalue weighted by molar-refractivity contribution is -0.384. The van der Waals surface area contributed by atoms with Gasteiger partial charge in [-0.3, -0.25) is 10.1 Å². The molecule has 1 rings (SSSR count). The van der Waals surface area contributed by atoms with Crippen LogP contribution in [0.15, 0.2) is 30.9 Å². The summed E-state index contributed by atoms with van der Waals surface area (Å²) in [4.78, 5) is 9.93. The number of nitro groups is 1. The van der Waals surface area contributed by atoms with E-state index in [2.05, 4.69) is 6.58 Å². The first-order valence-corrected chi connectivity index (χ1v) is 3.92. The van der Waals surface area contributed by atoms with Crippen molar-refractivity contribution in [3.63, 3.8) is 0 Å². The van der Waals surface area contributed by atoms with Gasteiger partial charge in [0.05, 0.1) is 16.7 Å². The van der Waals surface area contributed by atoms with Crippen LogP contribution in [0, 0.1) is 10.1 Å². The summed E-state index contributed by atoms with van der Waals surface area (Å²) in [7, 11) is 0. The average molecular weight is 194 g/mol. The Morgan fingerprint density at radius 3 is 2.93 bits per heavy atom. The summed E-state index contributed by atoms with van der Waals surface area (Å²) in [6, 6.07) is 4.06. The predicted octanol–water partition coefficient (Wildman–Crippen LogP) is 1.74. The van der Waals surface area contributed by atoms with Crippen LogP contribution < -0.4 is 10.5 Å². The Morgan fingerprint density at radius 1 is 1.64 bits per heavy atom. The number of nitrogen functional groups attached to an aromatic ring is 1. The third-order valence-corrected chi connectivity index (χ3v) is 1.56. The molecule has 0 heterocycles. The standard InChI is InChI=1S/C9H10N2O3/c1-2-5-14-9-6-7(11(12)13)3-4-8(9)10/h2-4,6H,1,5,10H2. The molecule has 0 unspecified atom stereocenters. The van der Waals surface area contributed by atoms with Crippen LogP contribution in [0.4, 0.5) is 11.4 Å². The van der Waals surface area contributed by atoms with Gasteiger partial charge in [-0.25, -0.2) is 0 Å². The number of anilines is 1. The highest BCUT2D eigenvalue weighted by Gasteiger charge is 2.09. The first kappa shape index (κ1) is 10.0. The minimum absolute atomic E-state index is 0.0433. The highest BCUT2D eigenvalue weighted by molar-refractivity contribution is 5.57. The van der Waals surface area contributed by atoms with Crippen LogP contribution in [-0.4, -0.2) is 11.5 Å². The molecule has 0 amide bonds. The zero-order chi connectivity index (χ0) is 10.6. The molecule has 0 bridgehead atoms. The van der Waals surface area contributed by atoms with Crippen LogP contribution in [0.2, 0.25) is 0 Å². The van der Waals surface area contributed by atoms with Crippen LogP contribution in [-0.2, 0) is 0 Å². The Labute approximate surface area is 80.9 Å². The number of non-ortho nitro benzene ring substituents is 1. The summed E-state index contributed by atoms with van der Waals surface area (Å²) in [5, 5.41) is 10.4. The van der Waals surface area contributed by atoms with Crippen molar-refractivity contribution in [2.75, 3.05) is 12.3 Å². The summed E-state index contributed by atoms with van der Waals surface area (Å²) in [5.41, 5.74) is 5.88. The van der Waals surface area contributed by atoms with E-state index in [1.54, 1.807) is 0 Å². The zero-order valence-corrected chi connectivity index (χ0v) is 7.47. The van der Waals surface area contributed by atoms with Crippen LogP contribution in [0.1, 0.15) is 0 Å². The van der Waals surface area contributed by atoms with Gasteiger partial charge < -0.3 is 10.5 Å². The fourth-order valence-corrected chi connectivity index (χ4v) is 0.910. The molecule has 0 aliphatic rings. The van der Waals surface area contributed by atoms with Crippen molar-refractivity contribution in [1.82, 2.24) is 0 Å². The number of benzene rings is 1. The van der Waals surface area contributed by atoms with Gasteiger partial charge in [-0.15, -0.1) is 0 Å². The van der Waals surface area contributed by atoms with E-state index in [0.717, 1.165) is 0 Å². The van der Waals surface area contributed by atoms with Gasteiger partial charge in [0.15, 0.2) is 0 Å². The van der Waals surface area contributed by atoms with Gasteiger partial charge in [-0.1, -0.05) is 12.7 Å². The van der Waals surface area contributed by atoms with Crippen LogP contribution in [0.25, 0.3) is 0 Å². The summed E-state index contributed by atoms with van der Waals surface area (Å²) < 4.78 is 5.13. The fourth-order valence-electron chi connectivity index (χ4n) is 0.910. The Balaban J connectivity index is 2.95. The monoisotopic (exact) mass is 194 g/mol. The highest BCUT2D eigenvalue weighted by atomic mass is 16.6. The molecule has 0 aliphatic carbocycles. The minimum Gasteiger partial charge on any atom is -0.487 e. The Morgan fingerprint density at radius 2 is 2.36 bits per heavy atom. The third kappa shape index (κ3) is 2.22. The molecule has 1 aromatic rings. The molecule has 5 nitrogen and oxygen atoms in total. The van der Waals surface area contributed by atoms with Crippen molar-refractivity contribution >= 4 is 11.4 Å². The van der Waals surface area contributed by atoms with Crippen LogP contribution in [0.3, 0.4) is 0 Å². The number of nitro benzene ring substituents is 1. The number of rotatable bonds is 4.